The Morgan fingerprint density at radius 1 is 1.16 bits per heavy atom. The van der Waals surface area contributed by atoms with Crippen molar-refractivity contribution in [1.82, 2.24) is 4.90 Å². The van der Waals surface area contributed by atoms with Gasteiger partial charge in [0.05, 0.1) is 0 Å². The monoisotopic (exact) mass is 350 g/mol. The SMILES string of the molecule is CN1Cc2cc(C(C)(C)CN)ccc2C(c2cc3ccccc3s2)C1. The summed E-state index contributed by atoms with van der Waals surface area (Å²) in [5, 5.41) is 1.36. The normalized spacial score (nSPS) is 18.5. The van der Waals surface area contributed by atoms with Crippen LogP contribution in [-0.4, -0.2) is 25.0 Å². The van der Waals surface area contributed by atoms with Gasteiger partial charge in [-0.05, 0) is 41.3 Å². The molecule has 2 N–H and O–H groups in total. The van der Waals surface area contributed by atoms with E-state index in [-0.39, 0.29) is 5.41 Å². The van der Waals surface area contributed by atoms with Crippen LogP contribution < -0.4 is 5.73 Å². The zero-order valence-corrected chi connectivity index (χ0v) is 16.1. The van der Waals surface area contributed by atoms with Crippen LogP contribution in [0.2, 0.25) is 0 Å². The van der Waals surface area contributed by atoms with E-state index >= 15 is 0 Å². The Morgan fingerprint density at radius 2 is 1.96 bits per heavy atom. The van der Waals surface area contributed by atoms with Crippen molar-refractivity contribution < 1.29 is 0 Å². The number of thiophene rings is 1. The molecule has 2 aromatic carbocycles. The number of nitrogens with zero attached hydrogens (tertiary/aromatic N) is 1. The summed E-state index contributed by atoms with van der Waals surface area (Å²) < 4.78 is 1.38. The topological polar surface area (TPSA) is 29.3 Å². The summed E-state index contributed by atoms with van der Waals surface area (Å²) in [6.45, 7) is 7.22. The molecule has 0 saturated carbocycles. The van der Waals surface area contributed by atoms with Gasteiger partial charge in [0.1, 0.15) is 0 Å². The van der Waals surface area contributed by atoms with Crippen LogP contribution in [0.5, 0.6) is 0 Å². The highest BCUT2D eigenvalue weighted by Gasteiger charge is 2.28. The smallest absolute Gasteiger partial charge is 0.0345 e. The molecule has 1 aliphatic rings. The molecule has 1 aliphatic heterocycles. The summed E-state index contributed by atoms with van der Waals surface area (Å²) >= 11 is 1.94. The van der Waals surface area contributed by atoms with Crippen molar-refractivity contribution in [3.63, 3.8) is 0 Å². The van der Waals surface area contributed by atoms with Gasteiger partial charge < -0.3 is 10.6 Å². The van der Waals surface area contributed by atoms with E-state index in [1.807, 2.05) is 11.3 Å². The highest BCUT2D eigenvalue weighted by atomic mass is 32.1. The summed E-state index contributed by atoms with van der Waals surface area (Å²) in [7, 11) is 2.23. The molecule has 25 heavy (non-hydrogen) atoms. The van der Waals surface area contributed by atoms with E-state index in [2.05, 4.69) is 74.3 Å². The summed E-state index contributed by atoms with van der Waals surface area (Å²) in [5.41, 5.74) is 10.3. The number of nitrogens with two attached hydrogens (primary N) is 1. The first-order valence-electron chi connectivity index (χ1n) is 8.98. The van der Waals surface area contributed by atoms with Crippen molar-refractivity contribution in [2.24, 2.45) is 5.73 Å². The minimum atomic E-state index is 0.0259. The lowest BCUT2D eigenvalue weighted by Crippen LogP contribution is -2.32. The van der Waals surface area contributed by atoms with Crippen molar-refractivity contribution in [1.29, 1.82) is 0 Å². The molecule has 1 unspecified atom stereocenters. The molecule has 1 atom stereocenters. The van der Waals surface area contributed by atoms with E-state index in [1.54, 1.807) is 0 Å². The number of benzene rings is 2. The van der Waals surface area contributed by atoms with Crippen LogP contribution in [0.1, 0.15) is 41.3 Å². The van der Waals surface area contributed by atoms with Crippen molar-refractivity contribution >= 4 is 21.4 Å². The van der Waals surface area contributed by atoms with E-state index in [1.165, 1.54) is 31.7 Å². The zero-order valence-electron chi connectivity index (χ0n) is 15.3. The Hall–Kier alpha value is -1.68. The third kappa shape index (κ3) is 3.01. The van der Waals surface area contributed by atoms with Crippen molar-refractivity contribution in [2.75, 3.05) is 20.1 Å². The lowest BCUT2D eigenvalue weighted by atomic mass is 9.80. The molecule has 3 heteroatoms. The van der Waals surface area contributed by atoms with Gasteiger partial charge in [-0.25, -0.2) is 0 Å². The van der Waals surface area contributed by atoms with Gasteiger partial charge >= 0.3 is 0 Å². The summed E-state index contributed by atoms with van der Waals surface area (Å²) in [6.07, 6.45) is 0. The minimum absolute atomic E-state index is 0.0259. The van der Waals surface area contributed by atoms with Crippen LogP contribution in [0, 0.1) is 0 Å². The number of hydrogen-bond donors (Lipinski definition) is 1. The van der Waals surface area contributed by atoms with Crippen LogP contribution in [0.4, 0.5) is 0 Å². The highest BCUT2D eigenvalue weighted by molar-refractivity contribution is 7.19. The summed E-state index contributed by atoms with van der Waals surface area (Å²) in [6, 6.07) is 18.1. The second-order valence-electron chi connectivity index (χ2n) is 7.94. The van der Waals surface area contributed by atoms with Gasteiger partial charge in [-0.3, -0.25) is 0 Å². The minimum Gasteiger partial charge on any atom is -0.330 e. The van der Waals surface area contributed by atoms with Crippen LogP contribution in [0.25, 0.3) is 10.1 Å². The van der Waals surface area contributed by atoms with Gasteiger partial charge in [0.2, 0.25) is 0 Å². The largest absolute Gasteiger partial charge is 0.330 e. The van der Waals surface area contributed by atoms with Gasteiger partial charge in [-0.1, -0.05) is 50.2 Å². The molecule has 0 bridgehead atoms. The molecule has 2 heterocycles. The van der Waals surface area contributed by atoms with E-state index in [4.69, 9.17) is 5.73 Å². The molecule has 0 aliphatic carbocycles. The van der Waals surface area contributed by atoms with Crippen molar-refractivity contribution in [3.05, 3.63) is 70.1 Å². The Kier molecular flexibility index (Phi) is 4.19. The first kappa shape index (κ1) is 16.8. The molecule has 3 aromatic rings. The average Bonchev–Trinajstić information content (AvgIpc) is 3.04. The number of hydrogen-bond acceptors (Lipinski definition) is 3. The lowest BCUT2D eigenvalue weighted by molar-refractivity contribution is 0.296. The Bertz CT molecular complexity index is 876. The molecule has 0 amide bonds. The predicted molar refractivity (Wildman–Crippen MR) is 109 cm³/mol. The average molecular weight is 351 g/mol. The van der Waals surface area contributed by atoms with Gasteiger partial charge in [-0.2, -0.15) is 0 Å². The van der Waals surface area contributed by atoms with Crippen LogP contribution in [0.15, 0.2) is 48.5 Å². The fourth-order valence-electron chi connectivity index (χ4n) is 3.80. The molecule has 1 aromatic heterocycles. The maximum Gasteiger partial charge on any atom is 0.0345 e. The van der Waals surface area contributed by atoms with Gasteiger partial charge in [0, 0.05) is 40.5 Å². The second-order valence-corrected chi connectivity index (χ2v) is 9.05. The Morgan fingerprint density at radius 3 is 2.72 bits per heavy atom. The van der Waals surface area contributed by atoms with Crippen LogP contribution >= 0.6 is 11.3 Å². The maximum atomic E-state index is 5.99. The third-order valence-electron chi connectivity index (χ3n) is 5.53. The molecule has 4 rings (SSSR count). The molecule has 130 valence electrons. The fraction of sp³-hybridized carbons (Fsp3) is 0.364. The predicted octanol–water partition coefficient (Wildman–Crippen LogP) is 4.71. The molecular weight excluding hydrogens is 324 g/mol. The van der Waals surface area contributed by atoms with E-state index in [9.17, 15) is 0 Å². The zero-order chi connectivity index (χ0) is 17.6. The molecule has 0 radical (unpaired) electrons. The first-order valence-corrected chi connectivity index (χ1v) is 9.80. The number of rotatable bonds is 3. The Labute approximate surface area is 154 Å². The van der Waals surface area contributed by atoms with Gasteiger partial charge in [0.15, 0.2) is 0 Å². The molecular formula is C22H26N2S. The molecule has 0 saturated heterocycles. The van der Waals surface area contributed by atoms with Crippen molar-refractivity contribution in [2.45, 2.75) is 31.7 Å². The molecule has 2 nitrogen and oxygen atoms in total. The van der Waals surface area contributed by atoms with E-state index < -0.39 is 0 Å². The van der Waals surface area contributed by atoms with Crippen LogP contribution in [-0.2, 0) is 12.0 Å². The Balaban J connectivity index is 1.79. The highest BCUT2D eigenvalue weighted by Crippen LogP contribution is 2.40. The quantitative estimate of drug-likeness (QED) is 0.741. The van der Waals surface area contributed by atoms with Crippen molar-refractivity contribution in [3.8, 4) is 0 Å². The van der Waals surface area contributed by atoms with E-state index in [0.29, 0.717) is 12.5 Å². The maximum absolute atomic E-state index is 5.99. The van der Waals surface area contributed by atoms with Gasteiger partial charge in [0.25, 0.3) is 0 Å². The first-order chi connectivity index (χ1) is 12.0. The lowest BCUT2D eigenvalue weighted by Gasteiger charge is -2.33. The van der Waals surface area contributed by atoms with E-state index in [0.717, 1.165) is 13.1 Å². The number of fused-ring (bicyclic) bond motifs is 2. The summed E-state index contributed by atoms with van der Waals surface area (Å²) in [4.78, 5) is 3.91. The molecule has 0 fully saturated rings. The fourth-order valence-corrected chi connectivity index (χ4v) is 4.98. The second kappa shape index (κ2) is 6.24. The van der Waals surface area contributed by atoms with Crippen LogP contribution in [0.3, 0.4) is 0 Å². The third-order valence-corrected chi connectivity index (χ3v) is 6.76. The molecule has 0 spiro atoms. The van der Waals surface area contributed by atoms with Gasteiger partial charge in [-0.15, -0.1) is 11.3 Å². The summed E-state index contributed by atoms with van der Waals surface area (Å²) in [5.74, 6) is 0.459. The number of likely N-dealkylation sites (N-methyl/N-ethyl adjacent to an activating group) is 1. The standard InChI is InChI=1S/C22H26N2S/c1-22(2,14-23)17-8-9-18-16(10-17)12-24(3)13-19(18)21-11-15-6-4-5-7-20(15)25-21/h4-11,19H,12-14,23H2,1-3H3.